The van der Waals surface area contributed by atoms with Crippen LogP contribution in [0.4, 0.5) is 0 Å². The molecule has 0 unspecified atom stereocenters. The summed E-state index contributed by atoms with van der Waals surface area (Å²) in [5, 5.41) is 0. The molecule has 0 aliphatic carbocycles. The molecule has 0 fully saturated rings. The maximum absolute atomic E-state index is 3.46. The van der Waals surface area contributed by atoms with E-state index in [1.54, 1.807) is 12.2 Å². The van der Waals surface area contributed by atoms with Gasteiger partial charge in [0.05, 0.1) is 0 Å². The van der Waals surface area contributed by atoms with E-state index in [9.17, 15) is 0 Å². The molecule has 0 saturated heterocycles. The molecule has 0 radical (unpaired) electrons. The predicted molar refractivity (Wildman–Crippen MR) is 44.9 cm³/mol. The third kappa shape index (κ3) is 10.7. The predicted octanol–water partition coefficient (Wildman–Crippen LogP) is 2.53. The molecule has 0 amide bonds. The van der Waals surface area contributed by atoms with Gasteiger partial charge in [0.1, 0.15) is 0 Å². The summed E-state index contributed by atoms with van der Waals surface area (Å²) < 4.78 is 0. The summed E-state index contributed by atoms with van der Waals surface area (Å²) in [4.78, 5) is 0. The Morgan fingerprint density at radius 1 is 0.857 bits per heavy atom. The second kappa shape index (κ2) is 9.34. The van der Waals surface area contributed by atoms with Crippen molar-refractivity contribution in [3.8, 4) is 0 Å². The summed E-state index contributed by atoms with van der Waals surface area (Å²) in [6, 6.07) is 0. The lowest BCUT2D eigenvalue weighted by atomic mass is 10.5. The zero-order chi connectivity index (χ0) is 4.83. The summed E-state index contributed by atoms with van der Waals surface area (Å²) in [5.41, 5.74) is 0. The molecule has 0 rings (SSSR count). The summed E-state index contributed by atoms with van der Waals surface area (Å²) >= 11 is 0. The molecule has 0 aromatic rings. The molecule has 0 N–H and O–H groups in total. The van der Waals surface area contributed by atoms with Gasteiger partial charge in [-0.3, -0.25) is 0 Å². The van der Waals surface area contributed by atoms with Gasteiger partial charge in [0.15, 0.2) is 0 Å². The highest BCUT2D eigenvalue weighted by atomic mass is 127. The van der Waals surface area contributed by atoms with Crippen molar-refractivity contribution in [2.45, 2.75) is 0 Å². The topological polar surface area (TPSA) is 0 Å². The maximum atomic E-state index is 3.46. The summed E-state index contributed by atoms with van der Waals surface area (Å²) in [6.07, 6.45) is 7.07. The van der Waals surface area contributed by atoms with Crippen molar-refractivity contribution in [3.63, 3.8) is 0 Å². The van der Waals surface area contributed by atoms with Gasteiger partial charge in [-0.25, -0.2) is 0 Å². The van der Waals surface area contributed by atoms with Crippen LogP contribution in [-0.2, 0) is 0 Å². The Morgan fingerprint density at radius 2 is 1.14 bits per heavy atom. The highest BCUT2D eigenvalue weighted by molar-refractivity contribution is 14.0. The highest BCUT2D eigenvalue weighted by Gasteiger charge is 1.47. The first-order valence-corrected chi connectivity index (χ1v) is 1.82. The first-order valence-electron chi connectivity index (χ1n) is 1.82. The van der Waals surface area contributed by atoms with E-state index in [-0.39, 0.29) is 24.0 Å². The average Bonchev–Trinajstić information content (AvgIpc) is 1.61. The van der Waals surface area contributed by atoms with Crippen molar-refractivity contribution < 1.29 is 0 Å². The molecule has 7 heavy (non-hydrogen) atoms. The lowest BCUT2D eigenvalue weighted by Crippen LogP contribution is -1.38. The second-order valence-electron chi connectivity index (χ2n) is 0.856. The normalized spacial score (nSPS) is 7.43. The summed E-state index contributed by atoms with van der Waals surface area (Å²) in [5.74, 6) is 0. The summed E-state index contributed by atoms with van der Waals surface area (Å²) in [6.45, 7) is 6.93. The molecule has 0 atom stereocenters. The zero-order valence-corrected chi connectivity index (χ0v) is 6.46. The van der Waals surface area contributed by atoms with Crippen molar-refractivity contribution in [3.05, 3.63) is 37.5 Å². The van der Waals surface area contributed by atoms with Crippen LogP contribution in [0.1, 0.15) is 0 Å². The van der Waals surface area contributed by atoms with Gasteiger partial charge in [-0.05, 0) is 0 Å². The van der Waals surface area contributed by atoms with Crippen LogP contribution in [-0.4, -0.2) is 0 Å². The zero-order valence-electron chi connectivity index (χ0n) is 4.13. The minimum atomic E-state index is 0. The number of hydrogen-bond donors (Lipinski definition) is 0. The minimum absolute atomic E-state index is 0. The van der Waals surface area contributed by atoms with E-state index in [1.807, 2.05) is 12.2 Å². The number of halogens is 1. The second-order valence-corrected chi connectivity index (χ2v) is 0.856. The van der Waals surface area contributed by atoms with Gasteiger partial charge < -0.3 is 0 Å². The minimum Gasteiger partial charge on any atom is -0.107 e. The van der Waals surface area contributed by atoms with Crippen molar-refractivity contribution >= 4 is 24.0 Å². The largest absolute Gasteiger partial charge is 0.107 e. The fraction of sp³-hybridized carbons (Fsp3) is 0. The number of hydrogen-bond acceptors (Lipinski definition) is 0. The van der Waals surface area contributed by atoms with Gasteiger partial charge in [0.25, 0.3) is 0 Å². The van der Waals surface area contributed by atoms with E-state index in [2.05, 4.69) is 13.2 Å². The fourth-order valence-corrected chi connectivity index (χ4v) is 0.157. The molecule has 0 bridgehead atoms. The van der Waals surface area contributed by atoms with Gasteiger partial charge in [-0.1, -0.05) is 37.5 Å². The van der Waals surface area contributed by atoms with Crippen LogP contribution in [0.5, 0.6) is 0 Å². The van der Waals surface area contributed by atoms with Crippen molar-refractivity contribution in [1.82, 2.24) is 0 Å². The molecular formula is C6H9I. The van der Waals surface area contributed by atoms with Gasteiger partial charge in [-0.15, -0.1) is 24.0 Å². The van der Waals surface area contributed by atoms with E-state index in [1.165, 1.54) is 0 Å². The molecule has 0 saturated carbocycles. The molecule has 0 spiro atoms. The lowest BCUT2D eigenvalue weighted by molar-refractivity contribution is 1.98. The highest BCUT2D eigenvalue weighted by Crippen LogP contribution is 1.69. The van der Waals surface area contributed by atoms with Crippen LogP contribution in [0.3, 0.4) is 0 Å². The van der Waals surface area contributed by atoms with Crippen LogP contribution in [0, 0.1) is 0 Å². The first-order chi connectivity index (χ1) is 2.91. The van der Waals surface area contributed by atoms with E-state index in [0.29, 0.717) is 0 Å². The first kappa shape index (κ1) is 10.0. The van der Waals surface area contributed by atoms with Crippen LogP contribution in [0.25, 0.3) is 0 Å². The SMILES string of the molecule is C=CC=CC=C.I. The van der Waals surface area contributed by atoms with E-state index in [0.717, 1.165) is 0 Å². The van der Waals surface area contributed by atoms with Gasteiger partial charge in [0, 0.05) is 0 Å². The summed E-state index contributed by atoms with van der Waals surface area (Å²) in [7, 11) is 0. The molecule has 40 valence electrons. The van der Waals surface area contributed by atoms with E-state index in [4.69, 9.17) is 0 Å². The molecule has 0 nitrogen and oxygen atoms in total. The number of allylic oxidation sites excluding steroid dienone is 4. The molecule has 0 aromatic carbocycles. The Hall–Kier alpha value is -0.0500. The molecule has 0 aromatic heterocycles. The molecule has 0 aliphatic heterocycles. The Bertz CT molecular complexity index is 62.2. The monoisotopic (exact) mass is 208 g/mol. The Balaban J connectivity index is 0. The Kier molecular flexibility index (Phi) is 13.4. The molecule has 0 aliphatic rings. The Labute approximate surface area is 61.6 Å². The third-order valence-electron chi connectivity index (χ3n) is 0.383. The Morgan fingerprint density at radius 3 is 1.29 bits per heavy atom. The van der Waals surface area contributed by atoms with Crippen LogP contribution in [0.15, 0.2) is 37.5 Å². The van der Waals surface area contributed by atoms with Crippen molar-refractivity contribution in [2.24, 2.45) is 0 Å². The quantitative estimate of drug-likeness (QED) is 0.483. The molecule has 1 heteroatoms. The van der Waals surface area contributed by atoms with Crippen LogP contribution < -0.4 is 0 Å². The third-order valence-corrected chi connectivity index (χ3v) is 0.383. The van der Waals surface area contributed by atoms with Gasteiger partial charge >= 0.3 is 0 Å². The lowest BCUT2D eigenvalue weighted by Gasteiger charge is -1.60. The molecule has 0 heterocycles. The van der Waals surface area contributed by atoms with Gasteiger partial charge in [-0.2, -0.15) is 0 Å². The number of rotatable bonds is 2. The van der Waals surface area contributed by atoms with Crippen molar-refractivity contribution in [2.75, 3.05) is 0 Å². The van der Waals surface area contributed by atoms with Crippen molar-refractivity contribution in [1.29, 1.82) is 0 Å². The fourth-order valence-electron chi connectivity index (χ4n) is 0.157. The smallest absolute Gasteiger partial charge is 0.0629 e. The maximum Gasteiger partial charge on any atom is -0.0629 e. The van der Waals surface area contributed by atoms with E-state index >= 15 is 0 Å². The van der Waals surface area contributed by atoms with Crippen LogP contribution in [0.2, 0.25) is 0 Å². The van der Waals surface area contributed by atoms with Crippen LogP contribution >= 0.6 is 24.0 Å². The standard InChI is InChI=1S/C6H8.HI/c1-3-5-6-4-2;/h3-6H,1-2H2;1H. The van der Waals surface area contributed by atoms with Gasteiger partial charge in [0.2, 0.25) is 0 Å². The van der Waals surface area contributed by atoms with E-state index < -0.39 is 0 Å². The molecular weight excluding hydrogens is 199 g/mol. The average molecular weight is 208 g/mol.